The monoisotopic (exact) mass is 292 g/mol. The van der Waals surface area contributed by atoms with E-state index in [9.17, 15) is 4.39 Å². The summed E-state index contributed by atoms with van der Waals surface area (Å²) in [4.78, 5) is 8.73. The van der Waals surface area contributed by atoms with Gasteiger partial charge in [-0.05, 0) is 39.8 Å². The number of rotatable bonds is 4. The van der Waals surface area contributed by atoms with Crippen molar-refractivity contribution in [2.24, 2.45) is 0 Å². The fourth-order valence-electron chi connectivity index (χ4n) is 2.95. The van der Waals surface area contributed by atoms with E-state index in [0.29, 0.717) is 30.5 Å². The molecule has 0 spiro atoms. The Kier molecular flexibility index (Phi) is 4.13. The van der Waals surface area contributed by atoms with Crippen LogP contribution in [0.5, 0.6) is 0 Å². The SMILES string of the molecule is CC1CN(c2nccc(CNC3CC3)c2F)CC(C)N1C. The molecule has 2 heterocycles. The number of hydrogen-bond acceptors (Lipinski definition) is 4. The van der Waals surface area contributed by atoms with Crippen molar-refractivity contribution in [3.8, 4) is 0 Å². The van der Waals surface area contributed by atoms with Crippen molar-refractivity contribution in [2.75, 3.05) is 25.0 Å². The van der Waals surface area contributed by atoms with Crippen molar-refractivity contribution in [1.82, 2.24) is 15.2 Å². The lowest BCUT2D eigenvalue weighted by molar-refractivity contribution is 0.169. The fourth-order valence-corrected chi connectivity index (χ4v) is 2.95. The van der Waals surface area contributed by atoms with Crippen LogP contribution in [0.15, 0.2) is 12.3 Å². The van der Waals surface area contributed by atoms with Crippen LogP contribution in [-0.4, -0.2) is 48.1 Å². The predicted molar refractivity (Wildman–Crippen MR) is 83.0 cm³/mol. The fraction of sp³-hybridized carbons (Fsp3) is 0.688. The minimum atomic E-state index is -0.158. The van der Waals surface area contributed by atoms with Crippen LogP contribution >= 0.6 is 0 Å². The summed E-state index contributed by atoms with van der Waals surface area (Å²) in [6, 6.07) is 3.19. The van der Waals surface area contributed by atoms with Crippen molar-refractivity contribution in [2.45, 2.75) is 51.4 Å². The normalized spacial score (nSPS) is 27.1. The Hall–Kier alpha value is -1.20. The van der Waals surface area contributed by atoms with Gasteiger partial charge in [-0.3, -0.25) is 4.90 Å². The number of piperazine rings is 1. The molecule has 21 heavy (non-hydrogen) atoms. The zero-order chi connectivity index (χ0) is 15.0. The number of hydrogen-bond donors (Lipinski definition) is 1. The van der Waals surface area contributed by atoms with Crippen LogP contribution in [0.2, 0.25) is 0 Å². The van der Waals surface area contributed by atoms with Crippen LogP contribution in [0.25, 0.3) is 0 Å². The average Bonchev–Trinajstić information content (AvgIpc) is 3.27. The van der Waals surface area contributed by atoms with Crippen LogP contribution in [0.4, 0.5) is 10.2 Å². The molecule has 2 fully saturated rings. The van der Waals surface area contributed by atoms with Gasteiger partial charge in [-0.25, -0.2) is 9.37 Å². The summed E-state index contributed by atoms with van der Waals surface area (Å²) in [7, 11) is 2.13. The molecule has 1 saturated heterocycles. The summed E-state index contributed by atoms with van der Waals surface area (Å²) in [5.74, 6) is 0.353. The lowest BCUT2D eigenvalue weighted by atomic mass is 10.1. The van der Waals surface area contributed by atoms with Gasteiger partial charge >= 0.3 is 0 Å². The number of nitrogens with one attached hydrogen (secondary N) is 1. The van der Waals surface area contributed by atoms with E-state index in [1.54, 1.807) is 12.3 Å². The number of halogens is 1. The molecule has 2 aliphatic rings. The first kappa shape index (κ1) is 14.7. The zero-order valence-corrected chi connectivity index (χ0v) is 13.1. The Morgan fingerprint density at radius 2 is 1.95 bits per heavy atom. The van der Waals surface area contributed by atoms with Gasteiger partial charge in [0, 0.05) is 49.5 Å². The zero-order valence-electron chi connectivity index (χ0n) is 13.1. The third-order valence-electron chi connectivity index (χ3n) is 4.77. The molecule has 1 aromatic rings. The minimum absolute atomic E-state index is 0.158. The molecule has 0 aromatic carbocycles. The van der Waals surface area contributed by atoms with E-state index in [1.165, 1.54) is 12.8 Å². The molecule has 0 amide bonds. The van der Waals surface area contributed by atoms with Crippen LogP contribution in [0.1, 0.15) is 32.3 Å². The predicted octanol–water partition coefficient (Wildman–Crippen LogP) is 2.00. The van der Waals surface area contributed by atoms with E-state index in [0.717, 1.165) is 18.7 Å². The minimum Gasteiger partial charge on any atom is -0.351 e. The van der Waals surface area contributed by atoms with Gasteiger partial charge in [-0.1, -0.05) is 0 Å². The highest BCUT2D eigenvalue weighted by Gasteiger charge is 2.29. The third-order valence-corrected chi connectivity index (χ3v) is 4.77. The molecule has 1 aliphatic heterocycles. The van der Waals surface area contributed by atoms with Gasteiger partial charge in [0.1, 0.15) is 0 Å². The molecule has 0 bridgehead atoms. The van der Waals surface area contributed by atoms with Crippen LogP contribution in [-0.2, 0) is 6.54 Å². The van der Waals surface area contributed by atoms with Crippen molar-refractivity contribution in [3.05, 3.63) is 23.6 Å². The van der Waals surface area contributed by atoms with Crippen molar-refractivity contribution >= 4 is 5.82 Å². The summed E-state index contributed by atoms with van der Waals surface area (Å²) >= 11 is 0. The van der Waals surface area contributed by atoms with Crippen molar-refractivity contribution < 1.29 is 4.39 Å². The standard InChI is InChI=1S/C16H25FN4/c1-11-9-21(10-12(2)20(11)3)16-15(17)13(6-7-18-16)8-19-14-4-5-14/h6-7,11-12,14,19H,4-5,8-10H2,1-3H3. The quantitative estimate of drug-likeness (QED) is 0.920. The number of aromatic nitrogens is 1. The Balaban J connectivity index is 1.76. The maximum atomic E-state index is 14.7. The second-order valence-electron chi connectivity index (χ2n) is 6.53. The molecule has 116 valence electrons. The lowest BCUT2D eigenvalue weighted by Gasteiger charge is -2.43. The van der Waals surface area contributed by atoms with E-state index >= 15 is 0 Å². The van der Waals surface area contributed by atoms with E-state index < -0.39 is 0 Å². The summed E-state index contributed by atoms with van der Waals surface area (Å²) in [5, 5.41) is 3.37. The molecule has 2 unspecified atom stereocenters. The van der Waals surface area contributed by atoms with E-state index in [-0.39, 0.29) is 5.82 Å². The molecule has 1 aliphatic carbocycles. The first-order chi connectivity index (χ1) is 10.1. The van der Waals surface area contributed by atoms with Crippen LogP contribution in [0, 0.1) is 5.82 Å². The van der Waals surface area contributed by atoms with Crippen molar-refractivity contribution in [3.63, 3.8) is 0 Å². The van der Waals surface area contributed by atoms with E-state index in [2.05, 4.69) is 41.0 Å². The number of pyridine rings is 1. The highest BCUT2D eigenvalue weighted by atomic mass is 19.1. The lowest BCUT2D eigenvalue weighted by Crippen LogP contribution is -2.55. The van der Waals surface area contributed by atoms with Gasteiger partial charge in [-0.15, -0.1) is 0 Å². The molecule has 2 atom stereocenters. The Morgan fingerprint density at radius 1 is 1.29 bits per heavy atom. The second-order valence-corrected chi connectivity index (χ2v) is 6.53. The van der Waals surface area contributed by atoms with Gasteiger partial charge in [-0.2, -0.15) is 0 Å². The van der Waals surface area contributed by atoms with Crippen LogP contribution in [0.3, 0.4) is 0 Å². The average molecular weight is 292 g/mol. The van der Waals surface area contributed by atoms with Crippen LogP contribution < -0.4 is 10.2 Å². The molecular formula is C16H25FN4. The Morgan fingerprint density at radius 3 is 2.57 bits per heavy atom. The van der Waals surface area contributed by atoms with Gasteiger partial charge in [0.05, 0.1) is 0 Å². The first-order valence-corrected chi connectivity index (χ1v) is 7.90. The molecular weight excluding hydrogens is 267 g/mol. The molecule has 0 radical (unpaired) electrons. The summed E-state index contributed by atoms with van der Waals surface area (Å²) in [5.41, 5.74) is 0.728. The molecule has 1 saturated carbocycles. The number of nitrogens with zero attached hydrogens (tertiary/aromatic N) is 3. The number of anilines is 1. The maximum absolute atomic E-state index is 14.7. The summed E-state index contributed by atoms with van der Waals surface area (Å²) < 4.78 is 14.7. The largest absolute Gasteiger partial charge is 0.351 e. The smallest absolute Gasteiger partial charge is 0.170 e. The molecule has 1 aromatic heterocycles. The third kappa shape index (κ3) is 3.19. The van der Waals surface area contributed by atoms with E-state index in [1.807, 2.05) is 0 Å². The Labute approximate surface area is 126 Å². The topological polar surface area (TPSA) is 31.4 Å². The maximum Gasteiger partial charge on any atom is 0.170 e. The Bertz CT molecular complexity index is 491. The molecule has 5 heteroatoms. The van der Waals surface area contributed by atoms with E-state index in [4.69, 9.17) is 0 Å². The van der Waals surface area contributed by atoms with Gasteiger partial charge in [0.2, 0.25) is 0 Å². The van der Waals surface area contributed by atoms with Gasteiger partial charge < -0.3 is 10.2 Å². The summed E-state index contributed by atoms with van der Waals surface area (Å²) in [6.07, 6.45) is 4.16. The number of likely N-dealkylation sites (N-methyl/N-ethyl adjacent to an activating group) is 1. The molecule has 1 N–H and O–H groups in total. The molecule has 4 nitrogen and oxygen atoms in total. The highest BCUT2D eigenvalue weighted by Crippen LogP contribution is 2.25. The second kappa shape index (κ2) is 5.89. The highest BCUT2D eigenvalue weighted by molar-refractivity contribution is 5.44. The van der Waals surface area contributed by atoms with Gasteiger partial charge in [0.25, 0.3) is 0 Å². The molecule has 3 rings (SSSR count). The van der Waals surface area contributed by atoms with Gasteiger partial charge in [0.15, 0.2) is 11.6 Å². The summed E-state index contributed by atoms with van der Waals surface area (Å²) in [6.45, 7) is 6.61. The van der Waals surface area contributed by atoms with Crippen molar-refractivity contribution in [1.29, 1.82) is 0 Å². The first-order valence-electron chi connectivity index (χ1n) is 7.90.